The van der Waals surface area contributed by atoms with Crippen LogP contribution in [0.5, 0.6) is 5.75 Å². The molecule has 0 radical (unpaired) electrons. The summed E-state index contributed by atoms with van der Waals surface area (Å²) in [5.41, 5.74) is 1.87. The second kappa shape index (κ2) is 8.68. The highest BCUT2D eigenvalue weighted by Gasteiger charge is 2.34. The molecule has 1 N–H and O–H groups in total. The molecular weight excluding hydrogens is 400 g/mol. The predicted octanol–water partition coefficient (Wildman–Crippen LogP) is 5.15. The molecule has 1 saturated heterocycles. The van der Waals surface area contributed by atoms with Gasteiger partial charge in [0.25, 0.3) is 11.1 Å². The van der Waals surface area contributed by atoms with Gasteiger partial charge in [0.05, 0.1) is 17.2 Å². The molecule has 1 aliphatic heterocycles. The molecule has 1 aromatic heterocycles. The van der Waals surface area contributed by atoms with Crippen LogP contribution in [0.4, 0.5) is 4.79 Å². The third-order valence-corrected chi connectivity index (χ3v) is 6.60. The lowest BCUT2D eigenvalue weighted by Gasteiger charge is -2.30. The van der Waals surface area contributed by atoms with Gasteiger partial charge in [0, 0.05) is 11.8 Å². The number of carbonyl (C=O) groups is 2. The Bertz CT molecular complexity index is 972. The van der Waals surface area contributed by atoms with E-state index in [2.05, 4.69) is 12.2 Å². The Kier molecular flexibility index (Phi) is 5.99. The smallest absolute Gasteiger partial charge is 0.290 e. The van der Waals surface area contributed by atoms with Gasteiger partial charge in [-0.15, -0.1) is 0 Å². The van der Waals surface area contributed by atoms with Gasteiger partial charge in [-0.3, -0.25) is 14.9 Å². The molecule has 1 aliphatic carbocycles. The minimum Gasteiger partial charge on any atom is -0.493 e. The number of thioether (sulfide) groups is 1. The Balaban J connectivity index is 1.33. The van der Waals surface area contributed by atoms with Crippen molar-refractivity contribution in [1.82, 2.24) is 10.3 Å². The summed E-state index contributed by atoms with van der Waals surface area (Å²) >= 11 is 0.912. The SMILES string of the molecule is Cc1oc(C2(C)CCCCC2)nc1CCOc1ccc(/C=C2/SC(=O)NC2=O)cc1. The van der Waals surface area contributed by atoms with Crippen LogP contribution in [0.1, 0.15) is 61.9 Å². The van der Waals surface area contributed by atoms with Gasteiger partial charge < -0.3 is 9.15 Å². The number of aryl methyl sites for hydroxylation is 1. The fraction of sp³-hybridized carbons (Fsp3) is 0.435. The van der Waals surface area contributed by atoms with Crippen molar-refractivity contribution in [1.29, 1.82) is 0 Å². The number of hydrogen-bond donors (Lipinski definition) is 1. The van der Waals surface area contributed by atoms with E-state index in [0.717, 1.165) is 53.3 Å². The van der Waals surface area contributed by atoms with Gasteiger partial charge in [-0.25, -0.2) is 4.98 Å². The molecule has 4 rings (SSSR count). The number of imide groups is 1. The fourth-order valence-corrected chi connectivity index (χ4v) is 4.64. The Morgan fingerprint density at radius 1 is 1.20 bits per heavy atom. The molecule has 2 heterocycles. The van der Waals surface area contributed by atoms with Gasteiger partial charge in [-0.05, 0) is 55.3 Å². The zero-order valence-corrected chi connectivity index (χ0v) is 18.1. The van der Waals surface area contributed by atoms with Crippen LogP contribution in [0, 0.1) is 6.92 Å². The van der Waals surface area contributed by atoms with Crippen LogP contribution < -0.4 is 10.1 Å². The Labute approximate surface area is 180 Å². The fourth-order valence-electron chi connectivity index (χ4n) is 3.96. The highest BCUT2D eigenvalue weighted by molar-refractivity contribution is 8.18. The Morgan fingerprint density at radius 2 is 1.93 bits per heavy atom. The molecule has 158 valence electrons. The first-order chi connectivity index (χ1) is 14.4. The molecule has 2 aromatic rings. The summed E-state index contributed by atoms with van der Waals surface area (Å²) in [6, 6.07) is 7.44. The number of ether oxygens (including phenoxy) is 1. The number of rotatable bonds is 6. The number of oxazole rings is 1. The lowest BCUT2D eigenvalue weighted by Crippen LogP contribution is -2.25. The molecule has 0 unspecified atom stereocenters. The van der Waals surface area contributed by atoms with Crippen LogP contribution in [0.25, 0.3) is 6.08 Å². The van der Waals surface area contributed by atoms with Gasteiger partial charge in [0.2, 0.25) is 5.89 Å². The number of amides is 2. The minimum atomic E-state index is -0.352. The quantitative estimate of drug-likeness (QED) is 0.643. The molecule has 0 spiro atoms. The van der Waals surface area contributed by atoms with E-state index in [-0.39, 0.29) is 16.6 Å². The van der Waals surface area contributed by atoms with Gasteiger partial charge in [-0.1, -0.05) is 38.3 Å². The lowest BCUT2D eigenvalue weighted by molar-refractivity contribution is -0.115. The van der Waals surface area contributed by atoms with Crippen LogP contribution in [0.15, 0.2) is 33.6 Å². The van der Waals surface area contributed by atoms with Crippen LogP contribution in [-0.2, 0) is 16.6 Å². The Hall–Kier alpha value is -2.54. The van der Waals surface area contributed by atoms with Crippen LogP contribution >= 0.6 is 11.8 Å². The first-order valence-electron chi connectivity index (χ1n) is 10.4. The zero-order chi connectivity index (χ0) is 21.1. The molecule has 0 atom stereocenters. The topological polar surface area (TPSA) is 81.4 Å². The van der Waals surface area contributed by atoms with E-state index in [1.165, 1.54) is 19.3 Å². The van der Waals surface area contributed by atoms with Crippen molar-refractivity contribution in [2.75, 3.05) is 6.61 Å². The first kappa shape index (κ1) is 20.7. The number of nitrogens with one attached hydrogen (secondary N) is 1. The van der Waals surface area contributed by atoms with E-state index in [4.69, 9.17) is 14.1 Å². The highest BCUT2D eigenvalue weighted by Crippen LogP contribution is 2.39. The van der Waals surface area contributed by atoms with Gasteiger partial charge in [-0.2, -0.15) is 0 Å². The highest BCUT2D eigenvalue weighted by atomic mass is 32.2. The van der Waals surface area contributed by atoms with Crippen molar-refractivity contribution >= 4 is 29.0 Å². The van der Waals surface area contributed by atoms with Crippen LogP contribution in [0.3, 0.4) is 0 Å². The summed E-state index contributed by atoms with van der Waals surface area (Å²) in [5.74, 6) is 2.15. The van der Waals surface area contributed by atoms with Crippen molar-refractivity contribution in [3.8, 4) is 5.75 Å². The number of hydrogen-bond acceptors (Lipinski definition) is 6. The molecule has 7 heteroatoms. The minimum absolute atomic E-state index is 0.0611. The van der Waals surface area contributed by atoms with E-state index < -0.39 is 0 Å². The first-order valence-corrected chi connectivity index (χ1v) is 11.2. The van der Waals surface area contributed by atoms with Gasteiger partial charge >= 0.3 is 0 Å². The average Bonchev–Trinajstić information content (AvgIpc) is 3.25. The standard InChI is InChI=1S/C23H26N2O4S/c1-15-18(24-21(29-15)23(2)11-4-3-5-12-23)10-13-28-17-8-6-16(7-9-17)14-19-20(26)25-22(27)30-19/h6-9,14H,3-5,10-13H2,1-2H3,(H,25,26,27)/b19-14+. The van der Waals surface area contributed by atoms with E-state index in [1.54, 1.807) is 6.08 Å². The summed E-state index contributed by atoms with van der Waals surface area (Å²) < 4.78 is 11.9. The summed E-state index contributed by atoms with van der Waals surface area (Å²) in [7, 11) is 0. The zero-order valence-electron chi connectivity index (χ0n) is 17.3. The number of nitrogens with zero attached hydrogens (tertiary/aromatic N) is 1. The van der Waals surface area contributed by atoms with Crippen molar-refractivity contribution in [3.05, 3.63) is 52.1 Å². The van der Waals surface area contributed by atoms with E-state index in [0.29, 0.717) is 17.9 Å². The van der Waals surface area contributed by atoms with Crippen molar-refractivity contribution < 1.29 is 18.7 Å². The van der Waals surface area contributed by atoms with E-state index >= 15 is 0 Å². The van der Waals surface area contributed by atoms with Gasteiger partial charge in [0.15, 0.2) is 0 Å². The number of aromatic nitrogens is 1. The maximum Gasteiger partial charge on any atom is 0.290 e. The Morgan fingerprint density at radius 3 is 2.60 bits per heavy atom. The molecule has 6 nitrogen and oxygen atoms in total. The summed E-state index contributed by atoms with van der Waals surface area (Å²) in [6.07, 6.45) is 8.44. The van der Waals surface area contributed by atoms with Crippen molar-refractivity contribution in [2.24, 2.45) is 0 Å². The third-order valence-electron chi connectivity index (χ3n) is 5.79. The summed E-state index contributed by atoms with van der Waals surface area (Å²) in [4.78, 5) is 28.1. The third kappa shape index (κ3) is 4.61. The number of benzene rings is 1. The molecule has 2 amide bonds. The van der Waals surface area contributed by atoms with Crippen molar-refractivity contribution in [3.63, 3.8) is 0 Å². The van der Waals surface area contributed by atoms with E-state index in [9.17, 15) is 9.59 Å². The molecular formula is C23H26N2O4S. The lowest BCUT2D eigenvalue weighted by atomic mass is 9.76. The molecule has 0 bridgehead atoms. The predicted molar refractivity (Wildman–Crippen MR) is 116 cm³/mol. The summed E-state index contributed by atoms with van der Waals surface area (Å²) in [6.45, 7) is 4.75. The molecule has 2 aliphatic rings. The second-order valence-corrected chi connectivity index (χ2v) is 9.18. The normalized spacial score (nSPS) is 19.9. The summed E-state index contributed by atoms with van der Waals surface area (Å²) in [5, 5.41) is 1.91. The number of carbonyl (C=O) groups excluding carboxylic acids is 2. The molecule has 2 fully saturated rings. The monoisotopic (exact) mass is 426 g/mol. The average molecular weight is 427 g/mol. The van der Waals surface area contributed by atoms with Gasteiger partial charge in [0.1, 0.15) is 11.5 Å². The van der Waals surface area contributed by atoms with E-state index in [1.807, 2.05) is 31.2 Å². The molecule has 1 saturated carbocycles. The molecule has 1 aromatic carbocycles. The van der Waals surface area contributed by atoms with Crippen molar-refractivity contribution in [2.45, 2.75) is 57.8 Å². The largest absolute Gasteiger partial charge is 0.493 e. The van der Waals surface area contributed by atoms with Crippen LogP contribution in [-0.4, -0.2) is 22.7 Å². The van der Waals surface area contributed by atoms with Crippen LogP contribution in [0.2, 0.25) is 0 Å². The maximum absolute atomic E-state index is 11.6. The maximum atomic E-state index is 11.6. The second-order valence-electron chi connectivity index (χ2n) is 8.16. The molecule has 30 heavy (non-hydrogen) atoms.